The van der Waals surface area contributed by atoms with Crippen molar-refractivity contribution in [3.8, 4) is 0 Å². The SMILES string of the molecule is COCC(Nc1ccc(NS(C)(=O)=O)cc1)C(C)C. The largest absolute Gasteiger partial charge is 0.383 e. The van der Waals surface area contributed by atoms with Gasteiger partial charge < -0.3 is 10.1 Å². The molecular formula is C13H22N2O3S. The first-order valence-electron chi connectivity index (χ1n) is 6.15. The highest BCUT2D eigenvalue weighted by Gasteiger charge is 2.12. The van der Waals surface area contributed by atoms with Crippen LogP contribution < -0.4 is 10.0 Å². The van der Waals surface area contributed by atoms with Crippen LogP contribution in [-0.4, -0.2) is 34.4 Å². The molecule has 0 aliphatic rings. The minimum absolute atomic E-state index is 0.221. The van der Waals surface area contributed by atoms with Gasteiger partial charge in [-0.3, -0.25) is 4.72 Å². The Kier molecular flexibility index (Phi) is 5.62. The second-order valence-electron chi connectivity index (χ2n) is 4.90. The molecule has 0 radical (unpaired) electrons. The van der Waals surface area contributed by atoms with Crippen molar-refractivity contribution in [3.63, 3.8) is 0 Å². The molecule has 6 heteroatoms. The van der Waals surface area contributed by atoms with Crippen molar-refractivity contribution < 1.29 is 13.2 Å². The Morgan fingerprint density at radius 2 is 1.68 bits per heavy atom. The maximum absolute atomic E-state index is 11.1. The molecule has 0 amide bonds. The highest BCUT2D eigenvalue weighted by Crippen LogP contribution is 2.17. The van der Waals surface area contributed by atoms with Crippen LogP contribution in [0.2, 0.25) is 0 Å². The lowest BCUT2D eigenvalue weighted by molar-refractivity contribution is 0.171. The van der Waals surface area contributed by atoms with Gasteiger partial charge in [-0.05, 0) is 30.2 Å². The van der Waals surface area contributed by atoms with Crippen molar-refractivity contribution in [1.82, 2.24) is 0 Å². The van der Waals surface area contributed by atoms with Crippen LogP contribution in [0.4, 0.5) is 11.4 Å². The van der Waals surface area contributed by atoms with Crippen LogP contribution in [0, 0.1) is 5.92 Å². The summed E-state index contributed by atoms with van der Waals surface area (Å²) in [5.41, 5.74) is 1.50. The molecule has 5 nitrogen and oxygen atoms in total. The molecule has 0 bridgehead atoms. The molecule has 0 fully saturated rings. The minimum Gasteiger partial charge on any atom is -0.383 e. The molecule has 0 saturated heterocycles. The number of hydrogen-bond acceptors (Lipinski definition) is 4. The molecule has 0 aliphatic heterocycles. The average molecular weight is 286 g/mol. The van der Waals surface area contributed by atoms with Crippen LogP contribution in [0.5, 0.6) is 0 Å². The summed E-state index contributed by atoms with van der Waals surface area (Å²) < 4.78 is 29.8. The average Bonchev–Trinajstić information content (AvgIpc) is 2.29. The third kappa shape index (κ3) is 5.94. The summed E-state index contributed by atoms with van der Waals surface area (Å²) in [6.45, 7) is 4.87. The van der Waals surface area contributed by atoms with Gasteiger partial charge in [-0.15, -0.1) is 0 Å². The Morgan fingerprint density at radius 1 is 1.16 bits per heavy atom. The second kappa shape index (κ2) is 6.77. The van der Waals surface area contributed by atoms with E-state index in [9.17, 15) is 8.42 Å². The van der Waals surface area contributed by atoms with Gasteiger partial charge in [0.25, 0.3) is 0 Å². The van der Waals surface area contributed by atoms with Gasteiger partial charge >= 0.3 is 0 Å². The predicted molar refractivity (Wildman–Crippen MR) is 79.0 cm³/mol. The summed E-state index contributed by atoms with van der Waals surface area (Å²) >= 11 is 0. The van der Waals surface area contributed by atoms with Crippen molar-refractivity contribution >= 4 is 21.4 Å². The number of hydrogen-bond donors (Lipinski definition) is 2. The first kappa shape index (κ1) is 15.8. The lowest BCUT2D eigenvalue weighted by Crippen LogP contribution is -2.30. The predicted octanol–water partition coefficient (Wildman–Crippen LogP) is 2.14. The van der Waals surface area contributed by atoms with Crippen LogP contribution in [0.15, 0.2) is 24.3 Å². The first-order valence-corrected chi connectivity index (χ1v) is 8.04. The van der Waals surface area contributed by atoms with E-state index in [2.05, 4.69) is 23.9 Å². The normalized spacial score (nSPS) is 13.3. The number of nitrogens with one attached hydrogen (secondary N) is 2. The molecule has 0 spiro atoms. The Labute approximate surface area is 115 Å². The van der Waals surface area contributed by atoms with Gasteiger partial charge in [0.1, 0.15) is 0 Å². The zero-order valence-electron chi connectivity index (χ0n) is 11.8. The van der Waals surface area contributed by atoms with Gasteiger partial charge in [0.05, 0.1) is 18.9 Å². The minimum atomic E-state index is -3.23. The molecule has 2 N–H and O–H groups in total. The standard InChI is InChI=1S/C13H22N2O3S/c1-10(2)13(9-18-3)14-11-5-7-12(8-6-11)15-19(4,16)17/h5-8,10,13-15H,9H2,1-4H3. The molecule has 108 valence electrons. The van der Waals surface area contributed by atoms with E-state index in [1.807, 2.05) is 12.1 Å². The molecule has 19 heavy (non-hydrogen) atoms. The fourth-order valence-electron chi connectivity index (χ4n) is 1.64. The van der Waals surface area contributed by atoms with Crippen molar-refractivity contribution in [1.29, 1.82) is 0 Å². The highest BCUT2D eigenvalue weighted by atomic mass is 32.2. The van der Waals surface area contributed by atoms with Crippen molar-refractivity contribution in [2.45, 2.75) is 19.9 Å². The quantitative estimate of drug-likeness (QED) is 0.806. The monoisotopic (exact) mass is 286 g/mol. The smallest absolute Gasteiger partial charge is 0.229 e. The molecule has 1 unspecified atom stereocenters. The summed E-state index contributed by atoms with van der Waals surface area (Å²) in [7, 11) is -1.55. The lowest BCUT2D eigenvalue weighted by Gasteiger charge is -2.22. The zero-order valence-corrected chi connectivity index (χ0v) is 12.6. The molecule has 1 aromatic rings. The topological polar surface area (TPSA) is 67.4 Å². The number of methoxy groups -OCH3 is 1. The number of ether oxygens (including phenoxy) is 1. The summed E-state index contributed by atoms with van der Waals surface area (Å²) in [5, 5.41) is 3.37. The van der Waals surface area contributed by atoms with E-state index < -0.39 is 10.0 Å². The van der Waals surface area contributed by atoms with E-state index in [0.717, 1.165) is 11.9 Å². The van der Waals surface area contributed by atoms with Crippen molar-refractivity contribution in [3.05, 3.63) is 24.3 Å². The molecule has 1 atom stereocenters. The van der Waals surface area contributed by atoms with E-state index in [1.165, 1.54) is 0 Å². The van der Waals surface area contributed by atoms with Crippen LogP contribution in [-0.2, 0) is 14.8 Å². The van der Waals surface area contributed by atoms with Crippen LogP contribution in [0.25, 0.3) is 0 Å². The van der Waals surface area contributed by atoms with Crippen LogP contribution >= 0.6 is 0 Å². The van der Waals surface area contributed by atoms with E-state index in [4.69, 9.17) is 4.74 Å². The number of anilines is 2. The first-order chi connectivity index (χ1) is 8.81. The molecule has 1 aromatic carbocycles. The lowest BCUT2D eigenvalue weighted by atomic mass is 10.1. The van der Waals surface area contributed by atoms with Gasteiger partial charge in [0.15, 0.2) is 0 Å². The summed E-state index contributed by atoms with van der Waals surface area (Å²) in [6, 6.07) is 7.37. The molecule has 0 saturated carbocycles. The van der Waals surface area contributed by atoms with Crippen molar-refractivity contribution in [2.24, 2.45) is 5.92 Å². The summed E-state index contributed by atoms with van der Waals surface area (Å²) in [4.78, 5) is 0. The fraction of sp³-hybridized carbons (Fsp3) is 0.538. The van der Waals surface area contributed by atoms with Gasteiger partial charge in [0, 0.05) is 18.5 Å². The number of benzene rings is 1. The molecule has 0 aromatic heterocycles. The zero-order chi connectivity index (χ0) is 14.5. The third-order valence-corrected chi connectivity index (χ3v) is 3.30. The van der Waals surface area contributed by atoms with E-state index in [1.54, 1.807) is 19.2 Å². The highest BCUT2D eigenvalue weighted by molar-refractivity contribution is 7.92. The van der Waals surface area contributed by atoms with Gasteiger partial charge in [-0.1, -0.05) is 13.8 Å². The summed E-state index contributed by atoms with van der Waals surface area (Å²) in [5.74, 6) is 0.439. The molecule has 1 rings (SSSR count). The van der Waals surface area contributed by atoms with E-state index in [0.29, 0.717) is 18.2 Å². The third-order valence-electron chi connectivity index (χ3n) is 2.69. The number of rotatable bonds is 7. The van der Waals surface area contributed by atoms with E-state index in [-0.39, 0.29) is 6.04 Å². The van der Waals surface area contributed by atoms with Crippen molar-refractivity contribution in [2.75, 3.05) is 30.0 Å². The Morgan fingerprint density at radius 3 is 2.11 bits per heavy atom. The Hall–Kier alpha value is -1.27. The number of sulfonamides is 1. The maximum atomic E-state index is 11.1. The van der Waals surface area contributed by atoms with Crippen LogP contribution in [0.3, 0.4) is 0 Å². The Balaban J connectivity index is 2.70. The van der Waals surface area contributed by atoms with Gasteiger partial charge in [0.2, 0.25) is 10.0 Å². The van der Waals surface area contributed by atoms with Crippen LogP contribution in [0.1, 0.15) is 13.8 Å². The fourth-order valence-corrected chi connectivity index (χ4v) is 2.21. The van der Waals surface area contributed by atoms with E-state index >= 15 is 0 Å². The van der Waals surface area contributed by atoms with Gasteiger partial charge in [-0.25, -0.2) is 8.42 Å². The second-order valence-corrected chi connectivity index (χ2v) is 6.65. The van der Waals surface area contributed by atoms with Gasteiger partial charge in [-0.2, -0.15) is 0 Å². The maximum Gasteiger partial charge on any atom is 0.229 e. The molecule has 0 heterocycles. The molecule has 0 aliphatic carbocycles. The Bertz CT molecular complexity index is 483. The summed E-state index contributed by atoms with van der Waals surface area (Å²) in [6.07, 6.45) is 1.13. The molecular weight excluding hydrogens is 264 g/mol.